The maximum atomic E-state index is 12.9. The highest BCUT2D eigenvalue weighted by Crippen LogP contribution is 2.27. The zero-order valence-electron chi connectivity index (χ0n) is 16.0. The van der Waals surface area contributed by atoms with Gasteiger partial charge in [-0.2, -0.15) is 0 Å². The third-order valence-corrected chi connectivity index (χ3v) is 5.11. The van der Waals surface area contributed by atoms with E-state index >= 15 is 0 Å². The van der Waals surface area contributed by atoms with Crippen LogP contribution in [-0.2, 0) is 29.0 Å². The first-order valence-corrected chi connectivity index (χ1v) is 9.45. The molecule has 0 saturated heterocycles. The van der Waals surface area contributed by atoms with Crippen molar-refractivity contribution in [3.8, 4) is 11.4 Å². The lowest BCUT2D eigenvalue weighted by Crippen LogP contribution is -2.40. The van der Waals surface area contributed by atoms with Gasteiger partial charge in [-0.1, -0.05) is 18.2 Å². The summed E-state index contributed by atoms with van der Waals surface area (Å²) in [5.41, 5.74) is 2.64. The van der Waals surface area contributed by atoms with Crippen LogP contribution in [0.15, 0.2) is 41.0 Å². The monoisotopic (exact) mass is 378 g/mol. The van der Waals surface area contributed by atoms with Crippen LogP contribution in [0.2, 0.25) is 0 Å². The molecule has 0 spiro atoms. The fourth-order valence-electron chi connectivity index (χ4n) is 3.70. The van der Waals surface area contributed by atoms with E-state index in [0.29, 0.717) is 19.4 Å². The second-order valence-corrected chi connectivity index (χ2v) is 6.90. The Hall–Kier alpha value is -3.22. The van der Waals surface area contributed by atoms with Gasteiger partial charge in [0.05, 0.1) is 18.4 Å². The number of anilines is 1. The number of carbonyl (C=O) groups is 2. The molecule has 144 valence electrons. The van der Waals surface area contributed by atoms with Crippen molar-refractivity contribution in [2.24, 2.45) is 0 Å². The van der Waals surface area contributed by atoms with Crippen LogP contribution >= 0.6 is 0 Å². The summed E-state index contributed by atoms with van der Waals surface area (Å²) >= 11 is 0. The summed E-state index contributed by atoms with van der Waals surface area (Å²) in [4.78, 5) is 26.5. The van der Waals surface area contributed by atoms with Crippen molar-refractivity contribution in [2.75, 3.05) is 11.4 Å². The van der Waals surface area contributed by atoms with Crippen molar-refractivity contribution in [3.63, 3.8) is 0 Å². The van der Waals surface area contributed by atoms with Crippen molar-refractivity contribution in [1.29, 1.82) is 0 Å². The van der Waals surface area contributed by atoms with Crippen LogP contribution in [0, 0.1) is 6.92 Å². The molecule has 7 nitrogen and oxygen atoms in total. The summed E-state index contributed by atoms with van der Waals surface area (Å²) in [7, 11) is 0. The van der Waals surface area contributed by atoms with E-state index in [1.165, 1.54) is 0 Å². The fourth-order valence-corrected chi connectivity index (χ4v) is 3.70. The van der Waals surface area contributed by atoms with E-state index in [2.05, 4.69) is 10.2 Å². The lowest BCUT2D eigenvalue weighted by molar-refractivity contribution is -0.123. The third-order valence-electron chi connectivity index (χ3n) is 5.11. The Morgan fingerprint density at radius 2 is 2.04 bits per heavy atom. The van der Waals surface area contributed by atoms with Gasteiger partial charge in [0.2, 0.25) is 5.91 Å². The number of hydrogen-bond acceptors (Lipinski definition) is 5. The van der Waals surface area contributed by atoms with E-state index < -0.39 is 0 Å². The molecule has 0 N–H and O–H groups in total. The predicted octanol–water partition coefficient (Wildman–Crippen LogP) is 2.96. The number of ketones is 1. The normalized spacial score (nSPS) is 13.6. The molecule has 7 heteroatoms. The third kappa shape index (κ3) is 3.24. The number of amides is 1. The second kappa shape index (κ2) is 7.42. The van der Waals surface area contributed by atoms with Gasteiger partial charge >= 0.3 is 0 Å². The number of furan rings is 1. The van der Waals surface area contributed by atoms with Crippen molar-refractivity contribution < 1.29 is 14.0 Å². The molecule has 3 aromatic rings. The highest BCUT2D eigenvalue weighted by atomic mass is 16.3. The molecule has 0 bridgehead atoms. The lowest BCUT2D eigenvalue weighted by atomic mass is 10.0. The number of nitrogens with zero attached hydrogens (tertiary/aromatic N) is 4. The Labute approximate surface area is 163 Å². The molecule has 0 atom stereocenters. The summed E-state index contributed by atoms with van der Waals surface area (Å²) in [6, 6.07) is 9.45. The molecule has 1 aliphatic rings. The van der Waals surface area contributed by atoms with Crippen molar-refractivity contribution in [1.82, 2.24) is 14.8 Å². The highest BCUT2D eigenvalue weighted by molar-refractivity contribution is 6.03. The van der Waals surface area contributed by atoms with Gasteiger partial charge in [-0.25, -0.2) is 0 Å². The van der Waals surface area contributed by atoms with Crippen molar-refractivity contribution in [2.45, 2.75) is 39.7 Å². The largest absolute Gasteiger partial charge is 0.469 e. The van der Waals surface area contributed by atoms with Gasteiger partial charge in [-0.05, 0) is 31.5 Å². The molecule has 0 fully saturated rings. The minimum atomic E-state index is -0.0767. The first kappa shape index (κ1) is 18.2. The predicted molar refractivity (Wildman–Crippen MR) is 104 cm³/mol. The Bertz CT molecular complexity index is 1030. The first-order valence-electron chi connectivity index (χ1n) is 9.45. The summed E-state index contributed by atoms with van der Waals surface area (Å²) in [5.74, 6) is 2.26. The van der Waals surface area contributed by atoms with Gasteiger partial charge in [0.15, 0.2) is 11.6 Å². The topological polar surface area (TPSA) is 81.2 Å². The minimum absolute atomic E-state index is 0.0569. The van der Waals surface area contributed by atoms with E-state index in [1.54, 1.807) is 11.2 Å². The SMILES string of the molecule is CCn1c(CCC(=O)N2CC(=O)Cc3ccccc32)nnc1-c1ccoc1C. The van der Waals surface area contributed by atoms with Gasteiger partial charge in [-0.15, -0.1) is 10.2 Å². The maximum absolute atomic E-state index is 12.9. The quantitative estimate of drug-likeness (QED) is 0.682. The fraction of sp³-hybridized carbons (Fsp3) is 0.333. The molecule has 0 aliphatic carbocycles. The maximum Gasteiger partial charge on any atom is 0.227 e. The zero-order chi connectivity index (χ0) is 19.7. The Kier molecular flexibility index (Phi) is 4.81. The van der Waals surface area contributed by atoms with Gasteiger partial charge in [0, 0.05) is 31.5 Å². The lowest BCUT2D eigenvalue weighted by Gasteiger charge is -2.28. The molecule has 0 unspecified atom stereocenters. The van der Waals surface area contributed by atoms with Crippen molar-refractivity contribution in [3.05, 3.63) is 53.7 Å². The van der Waals surface area contributed by atoms with E-state index in [4.69, 9.17) is 4.42 Å². The first-order chi connectivity index (χ1) is 13.6. The van der Waals surface area contributed by atoms with Gasteiger partial charge in [0.25, 0.3) is 0 Å². The van der Waals surface area contributed by atoms with E-state index in [-0.39, 0.29) is 24.7 Å². The highest BCUT2D eigenvalue weighted by Gasteiger charge is 2.27. The van der Waals surface area contributed by atoms with Crippen LogP contribution in [0.1, 0.15) is 30.5 Å². The number of aromatic nitrogens is 3. The molecule has 0 saturated carbocycles. The molecule has 2 aromatic heterocycles. The number of carbonyl (C=O) groups excluding carboxylic acids is 2. The van der Waals surface area contributed by atoms with Crippen LogP contribution in [0.3, 0.4) is 0 Å². The van der Waals surface area contributed by atoms with E-state index in [1.807, 2.05) is 48.7 Å². The average molecular weight is 378 g/mol. The number of aryl methyl sites for hydroxylation is 2. The number of rotatable bonds is 5. The number of fused-ring (bicyclic) bond motifs is 1. The summed E-state index contributed by atoms with van der Waals surface area (Å²) in [5, 5.41) is 8.60. The Morgan fingerprint density at radius 1 is 1.21 bits per heavy atom. The van der Waals surface area contributed by atoms with Crippen LogP contribution in [0.4, 0.5) is 5.69 Å². The van der Waals surface area contributed by atoms with Gasteiger partial charge < -0.3 is 13.9 Å². The van der Waals surface area contributed by atoms with Crippen molar-refractivity contribution >= 4 is 17.4 Å². The Balaban J connectivity index is 1.53. The number of benzene rings is 1. The molecule has 28 heavy (non-hydrogen) atoms. The summed E-state index contributed by atoms with van der Waals surface area (Å²) < 4.78 is 7.38. The molecule has 3 heterocycles. The molecule has 1 aliphatic heterocycles. The number of Topliss-reactive ketones (excluding diaryl/α,β-unsaturated/α-hetero) is 1. The second-order valence-electron chi connectivity index (χ2n) is 6.90. The average Bonchev–Trinajstić information content (AvgIpc) is 3.30. The number of para-hydroxylation sites is 1. The minimum Gasteiger partial charge on any atom is -0.469 e. The molecule has 1 amide bonds. The zero-order valence-corrected chi connectivity index (χ0v) is 16.0. The molecular weight excluding hydrogens is 356 g/mol. The molecular formula is C21H22N4O3. The van der Waals surface area contributed by atoms with Crippen LogP contribution in [-0.4, -0.2) is 33.0 Å². The summed E-state index contributed by atoms with van der Waals surface area (Å²) in [6.45, 7) is 4.74. The molecule has 4 rings (SSSR count). The van der Waals surface area contributed by atoms with E-state index in [0.717, 1.165) is 34.2 Å². The summed E-state index contributed by atoms with van der Waals surface area (Å²) in [6.07, 6.45) is 2.75. The van der Waals surface area contributed by atoms with Gasteiger partial charge in [0.1, 0.15) is 11.6 Å². The van der Waals surface area contributed by atoms with Crippen LogP contribution in [0.25, 0.3) is 11.4 Å². The van der Waals surface area contributed by atoms with Crippen LogP contribution in [0.5, 0.6) is 0 Å². The smallest absolute Gasteiger partial charge is 0.227 e. The molecule has 0 radical (unpaired) electrons. The standard InChI is InChI=1S/C21H22N4O3/c1-3-24-19(22-23-21(24)17-10-11-28-14(17)2)8-9-20(27)25-13-16(26)12-15-6-4-5-7-18(15)25/h4-7,10-11H,3,8-9,12-13H2,1-2H3. The van der Waals surface area contributed by atoms with Gasteiger partial charge in [-0.3, -0.25) is 9.59 Å². The Morgan fingerprint density at radius 3 is 2.79 bits per heavy atom. The molecule has 1 aromatic carbocycles. The number of hydrogen-bond donors (Lipinski definition) is 0. The van der Waals surface area contributed by atoms with Crippen LogP contribution < -0.4 is 4.90 Å². The van der Waals surface area contributed by atoms with E-state index in [9.17, 15) is 9.59 Å².